The van der Waals surface area contributed by atoms with E-state index in [4.69, 9.17) is 12.2 Å². The fourth-order valence-corrected chi connectivity index (χ4v) is 4.99. The molecule has 0 unspecified atom stereocenters. The first kappa shape index (κ1) is 19.7. The Morgan fingerprint density at radius 1 is 0.966 bits per heavy atom. The van der Waals surface area contributed by atoms with Crippen LogP contribution in [0.2, 0.25) is 0 Å². The topological polar surface area (TPSA) is 43.9 Å². The molecule has 2 amide bonds. The molecule has 0 N–H and O–H groups in total. The molecule has 1 fully saturated rings. The molecule has 1 saturated heterocycles. The standard InChI is InChI=1S/C22H21N3O2S2/c1-3-4-14-24-19(26)18(21-23(2)16-12-8-9-13-17(16)29-21)20(27)25(22(24)28)15-10-6-5-7-11-15/h5-13H,3-4,14H2,1-2H3/b21-18-. The lowest BCUT2D eigenvalue weighted by Crippen LogP contribution is -2.57. The molecule has 0 aliphatic carbocycles. The Labute approximate surface area is 180 Å². The number of carbonyl (C=O) groups excluding carboxylic acids is 2. The van der Waals surface area contributed by atoms with Crippen LogP contribution in [0.25, 0.3) is 0 Å². The molecule has 2 aromatic carbocycles. The van der Waals surface area contributed by atoms with Gasteiger partial charge in [0.1, 0.15) is 5.57 Å². The highest BCUT2D eigenvalue weighted by molar-refractivity contribution is 8.03. The molecule has 2 aliphatic heterocycles. The lowest BCUT2D eigenvalue weighted by Gasteiger charge is -2.37. The van der Waals surface area contributed by atoms with E-state index in [0.29, 0.717) is 17.3 Å². The van der Waals surface area contributed by atoms with Crippen molar-refractivity contribution in [2.24, 2.45) is 0 Å². The number of hydrogen-bond acceptors (Lipinski definition) is 5. The molecule has 0 bridgehead atoms. The largest absolute Gasteiger partial charge is 0.337 e. The number of carbonyl (C=O) groups is 2. The van der Waals surface area contributed by atoms with Crippen LogP contribution in [0.3, 0.4) is 0 Å². The van der Waals surface area contributed by atoms with E-state index in [0.717, 1.165) is 23.4 Å². The molecule has 0 atom stereocenters. The van der Waals surface area contributed by atoms with Crippen LogP contribution in [-0.4, -0.2) is 35.4 Å². The van der Waals surface area contributed by atoms with E-state index in [1.807, 2.05) is 66.5 Å². The predicted octanol–water partition coefficient (Wildman–Crippen LogP) is 4.40. The monoisotopic (exact) mass is 423 g/mol. The van der Waals surface area contributed by atoms with Crippen molar-refractivity contribution in [2.45, 2.75) is 24.7 Å². The van der Waals surface area contributed by atoms with E-state index < -0.39 is 0 Å². The van der Waals surface area contributed by atoms with Crippen LogP contribution in [0.5, 0.6) is 0 Å². The van der Waals surface area contributed by atoms with Crippen molar-refractivity contribution in [1.29, 1.82) is 0 Å². The second-order valence-corrected chi connectivity index (χ2v) is 8.27. The maximum Gasteiger partial charge on any atom is 0.272 e. The van der Waals surface area contributed by atoms with Crippen LogP contribution in [-0.2, 0) is 9.59 Å². The Kier molecular flexibility index (Phi) is 5.43. The SMILES string of the molecule is CCCCN1C(=O)/C(=C2/Sc3ccccc3N2C)C(=O)N(c2ccccc2)C1=S. The third kappa shape index (κ3) is 3.34. The molecule has 2 aromatic rings. The Bertz CT molecular complexity index is 1020. The maximum absolute atomic E-state index is 13.5. The molecule has 148 valence electrons. The van der Waals surface area contributed by atoms with Gasteiger partial charge < -0.3 is 4.90 Å². The van der Waals surface area contributed by atoms with Gasteiger partial charge in [-0.15, -0.1) is 0 Å². The van der Waals surface area contributed by atoms with Gasteiger partial charge in [-0.2, -0.15) is 0 Å². The first-order valence-corrected chi connectivity index (χ1v) is 10.8. The average Bonchev–Trinajstić information content (AvgIpc) is 3.05. The van der Waals surface area contributed by atoms with Crippen molar-refractivity contribution >= 4 is 52.3 Å². The number of thioether (sulfide) groups is 1. The number of benzene rings is 2. The van der Waals surface area contributed by atoms with Crippen molar-refractivity contribution in [3.8, 4) is 0 Å². The van der Waals surface area contributed by atoms with Gasteiger partial charge in [-0.05, 0) is 42.9 Å². The van der Waals surface area contributed by atoms with Crippen molar-refractivity contribution in [3.63, 3.8) is 0 Å². The Hall–Kier alpha value is -2.64. The number of anilines is 2. The summed E-state index contributed by atoms with van der Waals surface area (Å²) >= 11 is 7.04. The van der Waals surface area contributed by atoms with Gasteiger partial charge in [0.25, 0.3) is 11.8 Å². The van der Waals surface area contributed by atoms with Gasteiger partial charge >= 0.3 is 0 Å². The normalized spacial score (nSPS) is 19.2. The summed E-state index contributed by atoms with van der Waals surface area (Å²) in [4.78, 5) is 32.9. The molecule has 0 radical (unpaired) electrons. The molecule has 0 spiro atoms. The van der Waals surface area contributed by atoms with Crippen LogP contribution in [0.1, 0.15) is 19.8 Å². The van der Waals surface area contributed by atoms with Crippen molar-refractivity contribution in [2.75, 3.05) is 23.4 Å². The molecule has 4 rings (SSSR count). The van der Waals surface area contributed by atoms with Crippen LogP contribution in [0.4, 0.5) is 11.4 Å². The number of nitrogens with zero attached hydrogens (tertiary/aromatic N) is 3. The van der Waals surface area contributed by atoms with Crippen LogP contribution in [0, 0.1) is 0 Å². The summed E-state index contributed by atoms with van der Waals surface area (Å²) in [5, 5.41) is 0.887. The molecule has 29 heavy (non-hydrogen) atoms. The lowest BCUT2D eigenvalue weighted by molar-refractivity contribution is -0.128. The summed E-state index contributed by atoms with van der Waals surface area (Å²) in [7, 11) is 1.89. The zero-order valence-electron chi connectivity index (χ0n) is 16.3. The molecule has 2 heterocycles. The average molecular weight is 424 g/mol. The maximum atomic E-state index is 13.5. The summed E-state index contributed by atoms with van der Waals surface area (Å²) in [6.45, 7) is 2.55. The number of unbranched alkanes of at least 4 members (excludes halogenated alkanes) is 1. The van der Waals surface area contributed by atoms with Gasteiger partial charge in [0.05, 0.1) is 16.4 Å². The first-order chi connectivity index (χ1) is 14.0. The van der Waals surface area contributed by atoms with E-state index in [9.17, 15) is 9.59 Å². The van der Waals surface area contributed by atoms with Gasteiger partial charge in [0.15, 0.2) is 5.11 Å². The third-order valence-electron chi connectivity index (χ3n) is 5.00. The molecular formula is C22H21N3O2S2. The lowest BCUT2D eigenvalue weighted by atomic mass is 10.1. The molecule has 7 heteroatoms. The highest BCUT2D eigenvalue weighted by atomic mass is 32.2. The van der Waals surface area contributed by atoms with E-state index in [2.05, 4.69) is 6.92 Å². The van der Waals surface area contributed by atoms with Crippen molar-refractivity contribution in [1.82, 2.24) is 4.90 Å². The fourth-order valence-electron chi connectivity index (χ4n) is 3.46. The van der Waals surface area contributed by atoms with Crippen molar-refractivity contribution in [3.05, 3.63) is 65.2 Å². The summed E-state index contributed by atoms with van der Waals surface area (Å²) in [5.74, 6) is -0.691. The summed E-state index contributed by atoms with van der Waals surface area (Å²) in [6, 6.07) is 17.2. The summed E-state index contributed by atoms with van der Waals surface area (Å²) in [6.07, 6.45) is 1.74. The number of thiocarbonyl (C=S) groups is 1. The number of hydrogen-bond donors (Lipinski definition) is 0. The summed E-state index contributed by atoms with van der Waals surface area (Å²) in [5.41, 5.74) is 1.82. The highest BCUT2D eigenvalue weighted by Crippen LogP contribution is 2.47. The Morgan fingerprint density at radius 2 is 1.66 bits per heavy atom. The van der Waals surface area contributed by atoms with E-state index in [1.165, 1.54) is 16.7 Å². The Morgan fingerprint density at radius 3 is 2.34 bits per heavy atom. The smallest absolute Gasteiger partial charge is 0.272 e. The molecular weight excluding hydrogens is 402 g/mol. The van der Waals surface area contributed by atoms with Crippen LogP contribution in [0.15, 0.2) is 70.1 Å². The van der Waals surface area contributed by atoms with Gasteiger partial charge in [-0.25, -0.2) is 0 Å². The van der Waals surface area contributed by atoms with Gasteiger partial charge in [0.2, 0.25) is 0 Å². The number of fused-ring (bicyclic) bond motifs is 1. The van der Waals surface area contributed by atoms with E-state index in [-0.39, 0.29) is 22.5 Å². The fraction of sp³-hybridized carbons (Fsp3) is 0.227. The second kappa shape index (κ2) is 8.00. The van der Waals surface area contributed by atoms with Gasteiger partial charge in [-0.3, -0.25) is 19.4 Å². The molecule has 2 aliphatic rings. The van der Waals surface area contributed by atoms with Gasteiger partial charge in [-0.1, -0.05) is 55.4 Å². The van der Waals surface area contributed by atoms with Crippen LogP contribution < -0.4 is 9.80 Å². The summed E-state index contributed by atoms with van der Waals surface area (Å²) < 4.78 is 0. The number of amides is 2. The predicted molar refractivity (Wildman–Crippen MR) is 121 cm³/mol. The van der Waals surface area contributed by atoms with Crippen molar-refractivity contribution < 1.29 is 9.59 Å². The minimum absolute atomic E-state index is 0.169. The molecule has 5 nitrogen and oxygen atoms in total. The zero-order valence-corrected chi connectivity index (χ0v) is 17.9. The molecule has 0 aromatic heterocycles. The second-order valence-electron chi connectivity index (χ2n) is 6.88. The zero-order chi connectivity index (χ0) is 20.5. The minimum Gasteiger partial charge on any atom is -0.337 e. The molecule has 0 saturated carbocycles. The third-order valence-corrected chi connectivity index (χ3v) is 6.64. The van der Waals surface area contributed by atoms with Crippen LogP contribution >= 0.6 is 24.0 Å². The Balaban J connectivity index is 1.83. The van der Waals surface area contributed by atoms with E-state index in [1.54, 1.807) is 4.90 Å². The quantitative estimate of drug-likeness (QED) is 0.414. The van der Waals surface area contributed by atoms with E-state index >= 15 is 0 Å². The highest BCUT2D eigenvalue weighted by Gasteiger charge is 2.44. The van der Waals surface area contributed by atoms with Gasteiger partial charge in [0, 0.05) is 18.5 Å². The number of rotatable bonds is 4. The first-order valence-electron chi connectivity index (χ1n) is 9.54. The minimum atomic E-state index is -0.374. The number of para-hydroxylation sites is 2.